The van der Waals surface area contributed by atoms with Crippen LogP contribution in [0.2, 0.25) is 0 Å². The van der Waals surface area contributed by atoms with Crippen molar-refractivity contribution < 1.29 is 9.15 Å². The molecule has 0 unspecified atom stereocenters. The molecule has 3 heterocycles. The van der Waals surface area contributed by atoms with E-state index in [4.69, 9.17) is 9.15 Å². The van der Waals surface area contributed by atoms with Gasteiger partial charge in [0.05, 0.1) is 32.1 Å². The second kappa shape index (κ2) is 7.77. The van der Waals surface area contributed by atoms with Crippen molar-refractivity contribution in [1.29, 1.82) is 0 Å². The molecule has 8 nitrogen and oxygen atoms in total. The zero-order valence-corrected chi connectivity index (χ0v) is 15.6. The fraction of sp³-hybridized carbons (Fsp3) is 0.300. The third-order valence-corrected chi connectivity index (χ3v) is 4.93. The number of methoxy groups -OCH3 is 1. The number of nitrogens with zero attached hydrogens (tertiary/aromatic N) is 2. The number of aromatic amines is 1. The standard InChI is InChI=1S/C20H22N4O4/c1-27-17-7-3-2-5-14(17)8-9-23-12-16-18(21-13-23)24(20(26)22-19(16)25)11-15-6-4-10-28-15/h2-7,10,21H,8-9,11-13H2,1H3,(H,22,25,26). The van der Waals surface area contributed by atoms with Crippen molar-refractivity contribution in [2.45, 2.75) is 19.5 Å². The molecule has 0 saturated heterocycles. The number of anilines is 1. The van der Waals surface area contributed by atoms with E-state index in [0.29, 0.717) is 30.4 Å². The minimum Gasteiger partial charge on any atom is -0.496 e. The van der Waals surface area contributed by atoms with E-state index in [1.807, 2.05) is 24.3 Å². The molecule has 1 aliphatic rings. The van der Waals surface area contributed by atoms with Gasteiger partial charge in [-0.25, -0.2) is 4.79 Å². The van der Waals surface area contributed by atoms with Gasteiger partial charge in [0.15, 0.2) is 0 Å². The van der Waals surface area contributed by atoms with E-state index in [2.05, 4.69) is 15.2 Å². The molecule has 146 valence electrons. The molecular weight excluding hydrogens is 360 g/mol. The molecular formula is C20H22N4O4. The molecule has 3 aromatic rings. The quantitative estimate of drug-likeness (QED) is 0.673. The van der Waals surface area contributed by atoms with Crippen molar-refractivity contribution in [3.05, 3.63) is 80.4 Å². The van der Waals surface area contributed by atoms with Gasteiger partial charge in [0.2, 0.25) is 0 Å². The van der Waals surface area contributed by atoms with Gasteiger partial charge in [-0.1, -0.05) is 18.2 Å². The smallest absolute Gasteiger partial charge is 0.330 e. The molecule has 28 heavy (non-hydrogen) atoms. The second-order valence-electron chi connectivity index (χ2n) is 6.70. The van der Waals surface area contributed by atoms with Crippen molar-refractivity contribution in [3.8, 4) is 5.75 Å². The monoisotopic (exact) mass is 382 g/mol. The Morgan fingerprint density at radius 1 is 1.18 bits per heavy atom. The van der Waals surface area contributed by atoms with Crippen LogP contribution in [-0.4, -0.2) is 34.8 Å². The Balaban J connectivity index is 1.53. The molecule has 1 aliphatic heterocycles. The Hall–Kier alpha value is -3.26. The lowest BCUT2D eigenvalue weighted by molar-refractivity contribution is 0.273. The number of hydrogen-bond donors (Lipinski definition) is 2. The number of furan rings is 1. The Bertz CT molecular complexity index is 1070. The van der Waals surface area contributed by atoms with Crippen LogP contribution in [0.3, 0.4) is 0 Å². The predicted octanol–water partition coefficient (Wildman–Crippen LogP) is 1.61. The van der Waals surface area contributed by atoms with Gasteiger partial charge in [-0.2, -0.15) is 0 Å². The van der Waals surface area contributed by atoms with Gasteiger partial charge in [0, 0.05) is 13.1 Å². The number of fused-ring (bicyclic) bond motifs is 1. The number of H-pyrrole nitrogens is 1. The van der Waals surface area contributed by atoms with Crippen LogP contribution < -0.4 is 21.3 Å². The first-order valence-corrected chi connectivity index (χ1v) is 9.12. The fourth-order valence-corrected chi connectivity index (χ4v) is 3.48. The molecule has 0 bridgehead atoms. The summed E-state index contributed by atoms with van der Waals surface area (Å²) >= 11 is 0. The second-order valence-corrected chi connectivity index (χ2v) is 6.70. The van der Waals surface area contributed by atoms with Gasteiger partial charge in [0.1, 0.15) is 17.3 Å². The van der Waals surface area contributed by atoms with Gasteiger partial charge >= 0.3 is 5.69 Å². The fourth-order valence-electron chi connectivity index (χ4n) is 3.48. The normalized spacial score (nSPS) is 13.8. The maximum Gasteiger partial charge on any atom is 0.330 e. The Morgan fingerprint density at radius 2 is 2.04 bits per heavy atom. The summed E-state index contributed by atoms with van der Waals surface area (Å²) in [5.41, 5.74) is 0.866. The lowest BCUT2D eigenvalue weighted by Gasteiger charge is -2.30. The van der Waals surface area contributed by atoms with Gasteiger partial charge in [-0.15, -0.1) is 0 Å². The zero-order valence-electron chi connectivity index (χ0n) is 15.6. The first-order valence-electron chi connectivity index (χ1n) is 9.12. The average Bonchev–Trinajstić information content (AvgIpc) is 3.23. The zero-order chi connectivity index (χ0) is 19.5. The molecule has 0 aliphatic carbocycles. The van der Waals surface area contributed by atoms with E-state index in [9.17, 15) is 9.59 Å². The molecule has 2 aromatic heterocycles. The van der Waals surface area contributed by atoms with Gasteiger partial charge in [-0.05, 0) is 30.2 Å². The molecule has 0 spiro atoms. The Kier molecular flexibility index (Phi) is 5.03. The van der Waals surface area contributed by atoms with E-state index in [1.165, 1.54) is 4.57 Å². The van der Waals surface area contributed by atoms with Crippen LogP contribution in [-0.2, 0) is 19.5 Å². The van der Waals surface area contributed by atoms with Crippen LogP contribution >= 0.6 is 0 Å². The van der Waals surface area contributed by atoms with Crippen LogP contribution in [0.1, 0.15) is 16.9 Å². The molecule has 0 fully saturated rings. The van der Waals surface area contributed by atoms with Crippen LogP contribution in [0.15, 0.2) is 56.7 Å². The summed E-state index contributed by atoms with van der Waals surface area (Å²) in [5.74, 6) is 2.06. The lowest BCUT2D eigenvalue weighted by atomic mass is 10.1. The highest BCUT2D eigenvalue weighted by Gasteiger charge is 2.23. The molecule has 0 radical (unpaired) electrons. The summed E-state index contributed by atoms with van der Waals surface area (Å²) in [6.07, 6.45) is 2.36. The number of rotatable bonds is 6. The third-order valence-electron chi connectivity index (χ3n) is 4.93. The number of ether oxygens (including phenoxy) is 1. The highest BCUT2D eigenvalue weighted by molar-refractivity contribution is 5.46. The van der Waals surface area contributed by atoms with Crippen LogP contribution in [0, 0.1) is 0 Å². The van der Waals surface area contributed by atoms with Crippen LogP contribution in [0.4, 0.5) is 5.82 Å². The van der Waals surface area contributed by atoms with Crippen LogP contribution in [0.5, 0.6) is 5.75 Å². The highest BCUT2D eigenvalue weighted by Crippen LogP contribution is 2.21. The molecule has 2 N–H and O–H groups in total. The predicted molar refractivity (Wildman–Crippen MR) is 105 cm³/mol. The number of nitrogens with one attached hydrogen (secondary N) is 2. The van der Waals surface area contributed by atoms with Crippen molar-refractivity contribution in [1.82, 2.24) is 14.5 Å². The number of aromatic nitrogens is 2. The van der Waals surface area contributed by atoms with Gasteiger partial charge < -0.3 is 14.5 Å². The third kappa shape index (κ3) is 3.59. The molecule has 1 aromatic carbocycles. The van der Waals surface area contributed by atoms with E-state index in [0.717, 1.165) is 24.3 Å². The highest BCUT2D eigenvalue weighted by atomic mass is 16.5. The summed E-state index contributed by atoms with van der Waals surface area (Å²) in [6.45, 7) is 2.02. The molecule has 0 saturated carbocycles. The maximum atomic E-state index is 12.4. The summed E-state index contributed by atoms with van der Waals surface area (Å²) in [7, 11) is 1.66. The van der Waals surface area contributed by atoms with E-state index in [-0.39, 0.29) is 12.1 Å². The van der Waals surface area contributed by atoms with Crippen molar-refractivity contribution >= 4 is 5.82 Å². The number of para-hydroxylation sites is 1. The minimum atomic E-state index is -0.449. The van der Waals surface area contributed by atoms with Crippen LogP contribution in [0.25, 0.3) is 0 Å². The summed E-state index contributed by atoms with van der Waals surface area (Å²) < 4.78 is 12.3. The largest absolute Gasteiger partial charge is 0.496 e. The van der Waals surface area contributed by atoms with Crippen molar-refractivity contribution in [3.63, 3.8) is 0 Å². The lowest BCUT2D eigenvalue weighted by Crippen LogP contribution is -2.43. The first-order chi connectivity index (χ1) is 13.7. The number of hydrogen-bond acceptors (Lipinski definition) is 6. The Labute approximate surface area is 161 Å². The summed E-state index contributed by atoms with van der Waals surface area (Å²) in [4.78, 5) is 29.2. The SMILES string of the molecule is COc1ccccc1CCN1CNc2c(c(=O)[nH]c(=O)n2Cc2ccco2)C1. The van der Waals surface area contributed by atoms with Gasteiger partial charge in [-0.3, -0.25) is 19.2 Å². The van der Waals surface area contributed by atoms with E-state index >= 15 is 0 Å². The molecule has 0 amide bonds. The topological polar surface area (TPSA) is 92.5 Å². The molecule has 0 atom stereocenters. The summed E-state index contributed by atoms with van der Waals surface area (Å²) in [6, 6.07) is 11.5. The first kappa shape index (κ1) is 18.1. The van der Waals surface area contributed by atoms with Crippen molar-refractivity contribution in [2.24, 2.45) is 0 Å². The Morgan fingerprint density at radius 3 is 2.82 bits per heavy atom. The average molecular weight is 382 g/mol. The van der Waals surface area contributed by atoms with E-state index < -0.39 is 5.69 Å². The van der Waals surface area contributed by atoms with E-state index in [1.54, 1.807) is 25.5 Å². The number of benzene rings is 1. The van der Waals surface area contributed by atoms with Crippen molar-refractivity contribution in [2.75, 3.05) is 25.6 Å². The van der Waals surface area contributed by atoms with Gasteiger partial charge in [0.25, 0.3) is 5.56 Å². The summed E-state index contributed by atoms with van der Waals surface area (Å²) in [5, 5.41) is 3.24. The minimum absolute atomic E-state index is 0.263. The molecule has 4 rings (SSSR count). The molecule has 8 heteroatoms. The maximum absolute atomic E-state index is 12.4.